The van der Waals surface area contributed by atoms with Gasteiger partial charge >= 0.3 is 6.18 Å². The van der Waals surface area contributed by atoms with E-state index in [1.54, 1.807) is 17.0 Å². The molecule has 0 spiro atoms. The van der Waals surface area contributed by atoms with E-state index < -0.39 is 30.7 Å². The van der Waals surface area contributed by atoms with E-state index in [1.165, 1.54) is 13.3 Å². The number of piperidine rings is 1. The summed E-state index contributed by atoms with van der Waals surface area (Å²) >= 11 is 6.21. The zero-order valence-electron chi connectivity index (χ0n) is 19.6. The molecule has 2 aromatic rings. The number of aliphatic hydroxyl groups is 1. The number of pyridine rings is 1. The highest BCUT2D eigenvalue weighted by atomic mass is 35.5. The SMILES string of the molecule is COc1cc(-c2cc(C(=O)N3CCC(C(=O)NC4CCC(O)(C(F)(F)F)CC4)CC3)[nH]n2)c(Cl)cn1. The van der Waals surface area contributed by atoms with Gasteiger partial charge in [-0.2, -0.15) is 18.3 Å². The summed E-state index contributed by atoms with van der Waals surface area (Å²) in [6.07, 6.45) is -3.10. The first-order valence-corrected chi connectivity index (χ1v) is 12.0. The molecule has 9 nitrogen and oxygen atoms in total. The van der Waals surface area contributed by atoms with Gasteiger partial charge in [0.15, 0.2) is 5.60 Å². The van der Waals surface area contributed by atoms with Crippen molar-refractivity contribution in [1.29, 1.82) is 0 Å². The van der Waals surface area contributed by atoms with Crippen molar-refractivity contribution in [2.45, 2.75) is 56.3 Å². The Kier molecular flexibility index (Phi) is 7.46. The largest absolute Gasteiger partial charge is 0.481 e. The van der Waals surface area contributed by atoms with Gasteiger partial charge in [0.05, 0.1) is 24.0 Å². The maximum absolute atomic E-state index is 13.0. The summed E-state index contributed by atoms with van der Waals surface area (Å²) in [5.74, 6) is -0.467. The number of hydrogen-bond acceptors (Lipinski definition) is 6. The van der Waals surface area contributed by atoms with Crippen molar-refractivity contribution in [3.63, 3.8) is 0 Å². The van der Waals surface area contributed by atoms with Crippen LogP contribution in [0.25, 0.3) is 11.3 Å². The summed E-state index contributed by atoms with van der Waals surface area (Å²) in [6, 6.07) is 2.81. The van der Waals surface area contributed by atoms with Crippen molar-refractivity contribution < 1.29 is 32.6 Å². The number of carbonyl (C=O) groups excluding carboxylic acids is 2. The van der Waals surface area contributed by atoms with Crippen LogP contribution in [0.4, 0.5) is 13.2 Å². The van der Waals surface area contributed by atoms with Crippen LogP contribution in [0, 0.1) is 5.92 Å². The van der Waals surface area contributed by atoms with Gasteiger partial charge in [0.2, 0.25) is 11.8 Å². The van der Waals surface area contributed by atoms with Gasteiger partial charge in [-0.1, -0.05) is 11.6 Å². The zero-order chi connectivity index (χ0) is 26.1. The van der Waals surface area contributed by atoms with Gasteiger partial charge in [0, 0.05) is 36.7 Å². The second-order valence-corrected chi connectivity index (χ2v) is 9.66. The van der Waals surface area contributed by atoms with Crippen LogP contribution >= 0.6 is 11.6 Å². The predicted octanol–water partition coefficient (Wildman–Crippen LogP) is 3.34. The van der Waals surface area contributed by atoms with E-state index >= 15 is 0 Å². The molecule has 3 N–H and O–H groups in total. The van der Waals surface area contributed by atoms with E-state index in [4.69, 9.17) is 16.3 Å². The van der Waals surface area contributed by atoms with Gasteiger partial charge in [-0.3, -0.25) is 14.7 Å². The minimum Gasteiger partial charge on any atom is -0.481 e. The van der Waals surface area contributed by atoms with E-state index in [2.05, 4.69) is 20.5 Å². The van der Waals surface area contributed by atoms with Crippen LogP contribution in [0.15, 0.2) is 18.3 Å². The molecule has 1 saturated heterocycles. The summed E-state index contributed by atoms with van der Waals surface area (Å²) in [5, 5.41) is 19.9. The molecular weight excluding hydrogens is 503 g/mol. The molecule has 1 aliphatic carbocycles. The van der Waals surface area contributed by atoms with E-state index in [-0.39, 0.29) is 36.3 Å². The molecule has 36 heavy (non-hydrogen) atoms. The number of H-pyrrole nitrogens is 1. The molecule has 0 unspecified atom stereocenters. The lowest BCUT2D eigenvalue weighted by atomic mass is 9.81. The third kappa shape index (κ3) is 5.44. The number of hydrogen-bond donors (Lipinski definition) is 3. The average Bonchev–Trinajstić information content (AvgIpc) is 3.35. The predicted molar refractivity (Wildman–Crippen MR) is 123 cm³/mol. The van der Waals surface area contributed by atoms with Crippen LogP contribution in [0.1, 0.15) is 49.0 Å². The van der Waals surface area contributed by atoms with Crippen LogP contribution in [0.5, 0.6) is 5.88 Å². The molecule has 2 aliphatic rings. The van der Waals surface area contributed by atoms with Crippen molar-refractivity contribution in [2.75, 3.05) is 20.2 Å². The number of ether oxygens (including phenoxy) is 1. The minimum atomic E-state index is -4.67. The van der Waals surface area contributed by atoms with Crippen molar-refractivity contribution >= 4 is 23.4 Å². The first-order chi connectivity index (χ1) is 17.0. The van der Waals surface area contributed by atoms with Crippen molar-refractivity contribution in [3.8, 4) is 17.1 Å². The van der Waals surface area contributed by atoms with Crippen LogP contribution in [0.3, 0.4) is 0 Å². The lowest BCUT2D eigenvalue weighted by molar-refractivity contribution is -0.270. The summed E-state index contributed by atoms with van der Waals surface area (Å²) < 4.78 is 44.0. The fraction of sp³-hybridized carbons (Fsp3) is 0.565. The Hall–Kier alpha value is -2.86. The molecule has 2 aromatic heterocycles. The highest BCUT2D eigenvalue weighted by molar-refractivity contribution is 6.33. The number of likely N-dealkylation sites (tertiary alicyclic amines) is 1. The molecule has 0 atom stereocenters. The number of aromatic amines is 1. The lowest BCUT2D eigenvalue weighted by Crippen LogP contribution is -2.52. The Balaban J connectivity index is 1.29. The summed E-state index contributed by atoms with van der Waals surface area (Å²) in [6.45, 7) is 0.710. The van der Waals surface area contributed by atoms with Gasteiger partial charge in [-0.25, -0.2) is 4.98 Å². The molecule has 13 heteroatoms. The number of alkyl halides is 3. The summed E-state index contributed by atoms with van der Waals surface area (Å²) in [4.78, 5) is 31.3. The van der Waals surface area contributed by atoms with E-state index in [1.807, 2.05) is 0 Å². The lowest BCUT2D eigenvalue weighted by Gasteiger charge is -2.38. The van der Waals surface area contributed by atoms with Crippen LogP contribution < -0.4 is 10.1 Å². The van der Waals surface area contributed by atoms with E-state index in [0.29, 0.717) is 48.1 Å². The molecular formula is C23H27ClF3N5O4. The molecule has 1 aliphatic heterocycles. The highest BCUT2D eigenvalue weighted by Gasteiger charge is 2.54. The van der Waals surface area contributed by atoms with E-state index in [9.17, 15) is 27.9 Å². The first-order valence-electron chi connectivity index (χ1n) is 11.6. The third-order valence-corrected chi connectivity index (χ3v) is 7.26. The maximum Gasteiger partial charge on any atom is 0.417 e. The zero-order valence-corrected chi connectivity index (χ0v) is 20.3. The van der Waals surface area contributed by atoms with Gasteiger partial charge < -0.3 is 20.1 Å². The molecule has 196 valence electrons. The van der Waals surface area contributed by atoms with Gasteiger partial charge in [0.1, 0.15) is 5.69 Å². The molecule has 4 rings (SSSR count). The molecule has 3 heterocycles. The van der Waals surface area contributed by atoms with Crippen molar-refractivity contribution in [1.82, 2.24) is 25.4 Å². The Labute approximate surface area is 210 Å². The molecule has 1 saturated carbocycles. The van der Waals surface area contributed by atoms with E-state index in [0.717, 1.165) is 0 Å². The standard InChI is InChI=1S/C23H27ClF3N5O4/c1-36-19-10-15(16(24)12-28-19)17-11-18(31-30-17)21(34)32-8-4-13(5-9-32)20(33)29-14-2-6-22(35,7-3-14)23(25,26)27/h10-14,35H,2-9H2,1H3,(H,29,33)(H,30,31). The number of methoxy groups -OCH3 is 1. The second-order valence-electron chi connectivity index (χ2n) is 9.25. The second kappa shape index (κ2) is 10.3. The number of aromatic nitrogens is 3. The van der Waals surface area contributed by atoms with Crippen LogP contribution in [0.2, 0.25) is 5.02 Å². The van der Waals surface area contributed by atoms with Gasteiger partial charge in [-0.15, -0.1) is 0 Å². The minimum absolute atomic E-state index is 0.0641. The number of nitrogens with one attached hydrogen (secondary N) is 2. The number of rotatable bonds is 5. The fourth-order valence-electron chi connectivity index (χ4n) is 4.65. The molecule has 0 bridgehead atoms. The normalized spacial score (nSPS) is 23.4. The number of halogens is 4. The van der Waals surface area contributed by atoms with Crippen molar-refractivity contribution in [3.05, 3.63) is 29.0 Å². The first kappa shape index (κ1) is 26.2. The third-order valence-electron chi connectivity index (χ3n) is 6.96. The van der Waals surface area contributed by atoms with Gasteiger partial charge in [-0.05, 0) is 44.6 Å². The summed E-state index contributed by atoms with van der Waals surface area (Å²) in [5.41, 5.74) is -1.38. The average molecular weight is 530 g/mol. The Morgan fingerprint density at radius 3 is 2.50 bits per heavy atom. The van der Waals surface area contributed by atoms with Crippen LogP contribution in [-0.2, 0) is 4.79 Å². The topological polar surface area (TPSA) is 120 Å². The highest BCUT2D eigenvalue weighted by Crippen LogP contribution is 2.41. The van der Waals surface area contributed by atoms with Crippen LogP contribution in [-0.4, -0.2) is 75.0 Å². The molecule has 2 amide bonds. The maximum atomic E-state index is 13.0. The van der Waals surface area contributed by atoms with Gasteiger partial charge in [0.25, 0.3) is 5.91 Å². The Bertz CT molecular complexity index is 1110. The quantitative estimate of drug-likeness (QED) is 0.546. The monoisotopic (exact) mass is 529 g/mol. The number of carbonyl (C=O) groups is 2. The Morgan fingerprint density at radius 1 is 1.22 bits per heavy atom. The number of nitrogens with zero attached hydrogens (tertiary/aromatic N) is 3. The molecule has 0 radical (unpaired) electrons. The summed E-state index contributed by atoms with van der Waals surface area (Å²) in [7, 11) is 1.48. The van der Waals surface area contributed by atoms with Crippen molar-refractivity contribution in [2.24, 2.45) is 5.92 Å². The Morgan fingerprint density at radius 2 is 1.89 bits per heavy atom. The smallest absolute Gasteiger partial charge is 0.417 e. The molecule has 2 fully saturated rings. The fourth-order valence-corrected chi connectivity index (χ4v) is 4.85. The molecule has 0 aromatic carbocycles. The number of amides is 2.